The molecule has 1 aliphatic rings. The molecule has 0 aliphatic carbocycles. The van der Waals surface area contributed by atoms with Crippen molar-refractivity contribution in [2.24, 2.45) is 0 Å². The zero-order valence-electron chi connectivity index (χ0n) is 13.4. The summed E-state index contributed by atoms with van der Waals surface area (Å²) >= 11 is 0. The molecule has 3 rings (SSSR count). The van der Waals surface area contributed by atoms with Crippen molar-refractivity contribution in [3.8, 4) is 0 Å². The lowest BCUT2D eigenvalue weighted by Crippen LogP contribution is -2.26. The second-order valence-electron chi connectivity index (χ2n) is 5.89. The molecule has 126 valence electrons. The number of carbonyl (C=O) groups is 1. The molecule has 0 spiro atoms. The molecule has 2 N–H and O–H groups in total. The quantitative estimate of drug-likeness (QED) is 0.856. The van der Waals surface area contributed by atoms with Crippen molar-refractivity contribution in [1.82, 2.24) is 5.32 Å². The van der Waals surface area contributed by atoms with Gasteiger partial charge in [0.15, 0.2) is 0 Å². The normalized spacial score (nSPS) is 17.0. The van der Waals surface area contributed by atoms with Crippen LogP contribution in [0.5, 0.6) is 0 Å². The maximum Gasteiger partial charge on any atom is 0.253 e. The summed E-state index contributed by atoms with van der Waals surface area (Å²) in [6, 6.07) is 14.4. The summed E-state index contributed by atoms with van der Waals surface area (Å²) in [6.45, 7) is 1.70. The van der Waals surface area contributed by atoms with Gasteiger partial charge in [0.1, 0.15) is 11.9 Å². The average Bonchev–Trinajstić information content (AvgIpc) is 3.12. The number of nitrogens with one attached hydrogen (secondary N) is 2. The fourth-order valence-electron chi connectivity index (χ4n) is 2.75. The van der Waals surface area contributed by atoms with Gasteiger partial charge in [-0.05, 0) is 36.6 Å². The first-order chi connectivity index (χ1) is 11.7. The van der Waals surface area contributed by atoms with Gasteiger partial charge in [-0.25, -0.2) is 4.39 Å². The number of anilines is 1. The molecule has 0 aromatic heterocycles. The summed E-state index contributed by atoms with van der Waals surface area (Å²) in [6.07, 6.45) is 1.36. The molecule has 1 fully saturated rings. The van der Waals surface area contributed by atoms with E-state index in [2.05, 4.69) is 10.6 Å². The highest BCUT2D eigenvalue weighted by Crippen LogP contribution is 2.16. The Balaban J connectivity index is 1.53. The lowest BCUT2D eigenvalue weighted by Gasteiger charge is -2.12. The van der Waals surface area contributed by atoms with Gasteiger partial charge in [-0.3, -0.25) is 4.79 Å². The molecule has 0 saturated carbocycles. The summed E-state index contributed by atoms with van der Waals surface area (Å²) in [4.78, 5) is 12.1. The molecule has 1 aliphatic heterocycles. The Labute approximate surface area is 141 Å². The van der Waals surface area contributed by atoms with Gasteiger partial charge >= 0.3 is 0 Å². The van der Waals surface area contributed by atoms with Gasteiger partial charge in [-0.1, -0.05) is 30.3 Å². The SMILES string of the molecule is O=C(Nc1cccc(CNCc2ccccc2F)c1)C1CCCO1. The van der Waals surface area contributed by atoms with E-state index in [-0.39, 0.29) is 17.8 Å². The smallest absolute Gasteiger partial charge is 0.253 e. The zero-order chi connectivity index (χ0) is 16.8. The number of rotatable bonds is 6. The van der Waals surface area contributed by atoms with Gasteiger partial charge in [0.25, 0.3) is 5.91 Å². The van der Waals surface area contributed by atoms with E-state index in [1.165, 1.54) is 6.07 Å². The molecule has 1 saturated heterocycles. The minimum atomic E-state index is -0.340. The largest absolute Gasteiger partial charge is 0.368 e. The van der Waals surface area contributed by atoms with Crippen LogP contribution in [0.15, 0.2) is 48.5 Å². The highest BCUT2D eigenvalue weighted by molar-refractivity contribution is 5.94. The molecule has 5 heteroatoms. The lowest BCUT2D eigenvalue weighted by molar-refractivity contribution is -0.124. The molecular formula is C19H21FN2O2. The Bertz CT molecular complexity index is 699. The number of carbonyl (C=O) groups excluding carboxylic acids is 1. The van der Waals surface area contributed by atoms with Crippen molar-refractivity contribution in [1.29, 1.82) is 0 Å². The maximum atomic E-state index is 13.6. The van der Waals surface area contributed by atoms with Gasteiger partial charge < -0.3 is 15.4 Å². The van der Waals surface area contributed by atoms with Gasteiger partial charge in [0.2, 0.25) is 0 Å². The third-order valence-electron chi connectivity index (χ3n) is 4.02. The minimum Gasteiger partial charge on any atom is -0.368 e. The number of hydrogen-bond acceptors (Lipinski definition) is 3. The molecule has 24 heavy (non-hydrogen) atoms. The molecule has 2 aromatic carbocycles. The van der Waals surface area contributed by atoms with Crippen LogP contribution in [-0.4, -0.2) is 18.6 Å². The summed E-state index contributed by atoms with van der Waals surface area (Å²) in [5, 5.41) is 6.11. The van der Waals surface area contributed by atoms with E-state index in [0.29, 0.717) is 25.3 Å². The molecule has 0 radical (unpaired) electrons. The molecule has 4 nitrogen and oxygen atoms in total. The zero-order valence-corrected chi connectivity index (χ0v) is 13.4. The Morgan fingerprint density at radius 2 is 2.04 bits per heavy atom. The highest BCUT2D eigenvalue weighted by atomic mass is 19.1. The third kappa shape index (κ3) is 4.40. The van der Waals surface area contributed by atoms with E-state index in [0.717, 1.165) is 24.1 Å². The van der Waals surface area contributed by atoms with E-state index in [1.807, 2.05) is 30.3 Å². The lowest BCUT2D eigenvalue weighted by atomic mass is 10.1. The molecule has 1 amide bonds. The van der Waals surface area contributed by atoms with E-state index in [9.17, 15) is 9.18 Å². The average molecular weight is 328 g/mol. The van der Waals surface area contributed by atoms with E-state index < -0.39 is 0 Å². The van der Waals surface area contributed by atoms with Crippen molar-refractivity contribution in [3.05, 3.63) is 65.5 Å². The van der Waals surface area contributed by atoms with Crippen molar-refractivity contribution in [3.63, 3.8) is 0 Å². The van der Waals surface area contributed by atoms with Crippen LogP contribution in [0.1, 0.15) is 24.0 Å². The fraction of sp³-hybridized carbons (Fsp3) is 0.316. The van der Waals surface area contributed by atoms with Crippen LogP contribution in [-0.2, 0) is 22.6 Å². The number of benzene rings is 2. The van der Waals surface area contributed by atoms with Crippen LogP contribution in [0.25, 0.3) is 0 Å². The predicted octanol–water partition coefficient (Wildman–Crippen LogP) is 3.23. The second-order valence-corrected chi connectivity index (χ2v) is 5.89. The maximum absolute atomic E-state index is 13.6. The van der Waals surface area contributed by atoms with Crippen LogP contribution >= 0.6 is 0 Å². The van der Waals surface area contributed by atoms with Gasteiger partial charge in [0, 0.05) is 30.9 Å². The first kappa shape index (κ1) is 16.6. The highest BCUT2D eigenvalue weighted by Gasteiger charge is 2.23. The predicted molar refractivity (Wildman–Crippen MR) is 91.0 cm³/mol. The monoisotopic (exact) mass is 328 g/mol. The standard InChI is InChI=1S/C19H21FN2O2/c20-17-8-2-1-6-15(17)13-21-12-14-5-3-7-16(11-14)22-19(23)18-9-4-10-24-18/h1-3,5-8,11,18,21H,4,9-10,12-13H2,(H,22,23). The van der Waals surface area contributed by atoms with Crippen molar-refractivity contribution < 1.29 is 13.9 Å². The topological polar surface area (TPSA) is 50.4 Å². The van der Waals surface area contributed by atoms with Crippen molar-refractivity contribution in [2.45, 2.75) is 32.0 Å². The van der Waals surface area contributed by atoms with Gasteiger partial charge in [-0.2, -0.15) is 0 Å². The second kappa shape index (κ2) is 8.04. The molecule has 2 aromatic rings. The van der Waals surface area contributed by atoms with Crippen molar-refractivity contribution >= 4 is 11.6 Å². The van der Waals surface area contributed by atoms with Gasteiger partial charge in [0.05, 0.1) is 0 Å². The first-order valence-corrected chi connectivity index (χ1v) is 8.18. The van der Waals surface area contributed by atoms with Crippen LogP contribution in [0.3, 0.4) is 0 Å². The molecule has 1 atom stereocenters. The van der Waals surface area contributed by atoms with Gasteiger partial charge in [-0.15, -0.1) is 0 Å². The van der Waals surface area contributed by atoms with E-state index in [4.69, 9.17) is 4.74 Å². The number of hydrogen-bond donors (Lipinski definition) is 2. The van der Waals surface area contributed by atoms with Crippen LogP contribution < -0.4 is 10.6 Å². The van der Waals surface area contributed by atoms with Crippen molar-refractivity contribution in [2.75, 3.05) is 11.9 Å². The molecule has 0 bridgehead atoms. The first-order valence-electron chi connectivity index (χ1n) is 8.18. The molecule has 1 unspecified atom stereocenters. The summed E-state index contributed by atoms with van der Waals surface area (Å²) in [5.74, 6) is -0.299. The summed E-state index contributed by atoms with van der Waals surface area (Å²) in [5.41, 5.74) is 2.41. The molecule has 1 heterocycles. The molecular weight excluding hydrogens is 307 g/mol. The number of halogens is 1. The van der Waals surface area contributed by atoms with Crippen LogP contribution in [0.4, 0.5) is 10.1 Å². The Kier molecular flexibility index (Phi) is 5.56. The van der Waals surface area contributed by atoms with E-state index >= 15 is 0 Å². The third-order valence-corrected chi connectivity index (χ3v) is 4.02. The summed E-state index contributed by atoms with van der Waals surface area (Å²) < 4.78 is 19.0. The number of ether oxygens (including phenoxy) is 1. The Morgan fingerprint density at radius 3 is 2.83 bits per heavy atom. The minimum absolute atomic E-state index is 0.0936. The fourth-order valence-corrected chi connectivity index (χ4v) is 2.75. The Morgan fingerprint density at radius 1 is 1.17 bits per heavy atom. The Hall–Kier alpha value is -2.24. The van der Waals surface area contributed by atoms with Crippen LogP contribution in [0.2, 0.25) is 0 Å². The summed E-state index contributed by atoms with van der Waals surface area (Å²) in [7, 11) is 0. The van der Waals surface area contributed by atoms with Crippen LogP contribution in [0, 0.1) is 5.82 Å². The number of amides is 1. The van der Waals surface area contributed by atoms with E-state index in [1.54, 1.807) is 12.1 Å².